The summed E-state index contributed by atoms with van der Waals surface area (Å²) in [6, 6.07) is 9.52. The highest BCUT2D eigenvalue weighted by molar-refractivity contribution is 5.85. The average molecular weight is 354 g/mol. The number of pyridine rings is 1. The maximum absolute atomic E-state index is 12.1. The Kier molecular flexibility index (Phi) is 5.06. The third-order valence-electron chi connectivity index (χ3n) is 4.05. The van der Waals surface area contributed by atoms with E-state index in [1.165, 1.54) is 0 Å². The molecule has 136 valence electrons. The fourth-order valence-electron chi connectivity index (χ4n) is 2.82. The van der Waals surface area contributed by atoms with Gasteiger partial charge in [0.05, 0.1) is 12.5 Å². The van der Waals surface area contributed by atoms with Gasteiger partial charge in [-0.3, -0.25) is 4.79 Å². The highest BCUT2D eigenvalue weighted by atomic mass is 16.5. The lowest BCUT2D eigenvalue weighted by atomic mass is 10.2. The number of benzene rings is 1. The van der Waals surface area contributed by atoms with Crippen molar-refractivity contribution in [3.8, 4) is 11.6 Å². The number of carbonyl (C=O) groups excluding carboxylic acids is 1. The number of nitrogens with one attached hydrogen (secondary N) is 1. The molecule has 0 aliphatic heterocycles. The standard InChI is InChI=1S/C19H22N4O3/c1-12-8-13(2)21-18-17(12)19(22-23(18)3)26-11-16(24)20-10-14-6-5-7-15(9-14)25-4/h5-9H,10-11H2,1-4H3,(H,20,24). The van der Waals surface area contributed by atoms with E-state index in [4.69, 9.17) is 9.47 Å². The Labute approximate surface area is 151 Å². The van der Waals surface area contributed by atoms with Crippen LogP contribution in [0.4, 0.5) is 0 Å². The predicted molar refractivity (Wildman–Crippen MR) is 98.3 cm³/mol. The molecule has 3 rings (SSSR count). The van der Waals surface area contributed by atoms with Crippen LogP contribution in [0.5, 0.6) is 11.6 Å². The van der Waals surface area contributed by atoms with Crippen molar-refractivity contribution in [1.29, 1.82) is 0 Å². The minimum absolute atomic E-state index is 0.108. The molecule has 0 saturated carbocycles. The second kappa shape index (κ2) is 7.43. The van der Waals surface area contributed by atoms with Gasteiger partial charge in [-0.2, -0.15) is 0 Å². The molecule has 1 N–H and O–H groups in total. The zero-order valence-electron chi connectivity index (χ0n) is 15.4. The molecule has 1 amide bonds. The quantitative estimate of drug-likeness (QED) is 0.735. The van der Waals surface area contributed by atoms with Crippen molar-refractivity contribution < 1.29 is 14.3 Å². The number of amides is 1. The molecule has 26 heavy (non-hydrogen) atoms. The van der Waals surface area contributed by atoms with Gasteiger partial charge in [0.1, 0.15) is 5.75 Å². The number of rotatable bonds is 6. The Hall–Kier alpha value is -3.09. The van der Waals surface area contributed by atoms with E-state index in [-0.39, 0.29) is 12.5 Å². The highest BCUT2D eigenvalue weighted by Crippen LogP contribution is 2.26. The largest absolute Gasteiger partial charge is 0.497 e. The monoisotopic (exact) mass is 354 g/mol. The first-order chi connectivity index (χ1) is 12.5. The summed E-state index contributed by atoms with van der Waals surface area (Å²) >= 11 is 0. The summed E-state index contributed by atoms with van der Waals surface area (Å²) in [5, 5.41) is 8.00. The van der Waals surface area contributed by atoms with Gasteiger partial charge in [0.25, 0.3) is 5.91 Å². The van der Waals surface area contributed by atoms with Gasteiger partial charge in [-0.25, -0.2) is 9.67 Å². The molecule has 2 heterocycles. The Bertz CT molecular complexity index is 949. The molecule has 0 fully saturated rings. The Morgan fingerprint density at radius 2 is 2.08 bits per heavy atom. The highest BCUT2D eigenvalue weighted by Gasteiger charge is 2.15. The van der Waals surface area contributed by atoms with Gasteiger partial charge < -0.3 is 14.8 Å². The summed E-state index contributed by atoms with van der Waals surface area (Å²) in [4.78, 5) is 16.6. The minimum Gasteiger partial charge on any atom is -0.497 e. The molecular formula is C19H22N4O3. The van der Waals surface area contributed by atoms with Crippen molar-refractivity contribution in [2.45, 2.75) is 20.4 Å². The van der Waals surface area contributed by atoms with E-state index >= 15 is 0 Å². The zero-order chi connectivity index (χ0) is 18.7. The summed E-state index contributed by atoms with van der Waals surface area (Å²) in [7, 11) is 3.42. The van der Waals surface area contributed by atoms with E-state index in [1.807, 2.05) is 51.2 Å². The van der Waals surface area contributed by atoms with Crippen LogP contribution in [0.1, 0.15) is 16.8 Å². The lowest BCUT2D eigenvalue weighted by molar-refractivity contribution is -0.123. The molecular weight excluding hydrogens is 332 g/mol. The summed E-state index contributed by atoms with van der Waals surface area (Å²) in [6.45, 7) is 4.21. The Morgan fingerprint density at radius 3 is 2.85 bits per heavy atom. The predicted octanol–water partition coefficient (Wildman–Crippen LogP) is 2.29. The van der Waals surface area contributed by atoms with Gasteiger partial charge in [-0.15, -0.1) is 5.10 Å². The van der Waals surface area contributed by atoms with E-state index in [1.54, 1.807) is 11.8 Å². The maximum Gasteiger partial charge on any atom is 0.258 e. The van der Waals surface area contributed by atoms with Gasteiger partial charge in [-0.1, -0.05) is 12.1 Å². The molecule has 0 spiro atoms. The molecule has 0 atom stereocenters. The zero-order valence-corrected chi connectivity index (χ0v) is 15.4. The van der Waals surface area contributed by atoms with Crippen LogP contribution in [-0.4, -0.2) is 34.4 Å². The molecule has 7 heteroatoms. The van der Waals surface area contributed by atoms with Crippen molar-refractivity contribution in [3.63, 3.8) is 0 Å². The molecule has 3 aromatic rings. The lowest BCUT2D eigenvalue weighted by Gasteiger charge is -2.08. The number of fused-ring (bicyclic) bond motifs is 1. The second-order valence-corrected chi connectivity index (χ2v) is 6.12. The summed E-state index contributed by atoms with van der Waals surface area (Å²) in [5.74, 6) is 0.958. The van der Waals surface area contributed by atoms with Crippen molar-refractivity contribution in [2.75, 3.05) is 13.7 Å². The topological polar surface area (TPSA) is 78.3 Å². The molecule has 2 aromatic heterocycles. The number of hydrogen-bond acceptors (Lipinski definition) is 5. The third-order valence-corrected chi connectivity index (χ3v) is 4.05. The first kappa shape index (κ1) is 17.7. The first-order valence-corrected chi connectivity index (χ1v) is 8.31. The minimum atomic E-state index is -0.218. The fourth-order valence-corrected chi connectivity index (χ4v) is 2.82. The molecule has 0 radical (unpaired) electrons. The molecule has 0 saturated heterocycles. The van der Waals surface area contributed by atoms with Crippen LogP contribution in [0.2, 0.25) is 0 Å². The molecule has 0 bridgehead atoms. The number of ether oxygens (including phenoxy) is 2. The number of carbonyl (C=O) groups is 1. The Balaban J connectivity index is 1.64. The number of aromatic nitrogens is 3. The van der Waals surface area contributed by atoms with Gasteiger partial charge in [0.2, 0.25) is 5.88 Å². The van der Waals surface area contributed by atoms with Crippen molar-refractivity contribution in [1.82, 2.24) is 20.1 Å². The number of nitrogens with zero attached hydrogens (tertiary/aromatic N) is 3. The van der Waals surface area contributed by atoms with Crippen LogP contribution in [0.3, 0.4) is 0 Å². The van der Waals surface area contributed by atoms with E-state index in [0.29, 0.717) is 12.4 Å². The van der Waals surface area contributed by atoms with Gasteiger partial charge in [-0.05, 0) is 43.2 Å². The van der Waals surface area contributed by atoms with Gasteiger partial charge in [0.15, 0.2) is 12.3 Å². The molecule has 0 unspecified atom stereocenters. The number of methoxy groups -OCH3 is 1. The van der Waals surface area contributed by atoms with Crippen molar-refractivity contribution in [3.05, 3.63) is 47.2 Å². The normalized spacial score (nSPS) is 10.8. The van der Waals surface area contributed by atoms with Crippen LogP contribution in [-0.2, 0) is 18.4 Å². The van der Waals surface area contributed by atoms with E-state index in [0.717, 1.165) is 33.6 Å². The van der Waals surface area contributed by atoms with Crippen molar-refractivity contribution >= 4 is 16.9 Å². The molecule has 7 nitrogen and oxygen atoms in total. The van der Waals surface area contributed by atoms with Crippen LogP contribution in [0.15, 0.2) is 30.3 Å². The fraction of sp³-hybridized carbons (Fsp3) is 0.316. The molecule has 1 aromatic carbocycles. The maximum atomic E-state index is 12.1. The summed E-state index contributed by atoms with van der Waals surface area (Å²) < 4.78 is 12.5. The van der Waals surface area contributed by atoms with E-state index < -0.39 is 0 Å². The van der Waals surface area contributed by atoms with Crippen LogP contribution >= 0.6 is 0 Å². The average Bonchev–Trinajstić information content (AvgIpc) is 2.94. The van der Waals surface area contributed by atoms with Crippen LogP contribution in [0.25, 0.3) is 11.0 Å². The van der Waals surface area contributed by atoms with Gasteiger partial charge in [0, 0.05) is 19.3 Å². The van der Waals surface area contributed by atoms with Crippen LogP contribution in [0, 0.1) is 13.8 Å². The second-order valence-electron chi connectivity index (χ2n) is 6.12. The van der Waals surface area contributed by atoms with E-state index in [2.05, 4.69) is 15.4 Å². The molecule has 0 aliphatic carbocycles. The van der Waals surface area contributed by atoms with Crippen molar-refractivity contribution in [2.24, 2.45) is 7.05 Å². The lowest BCUT2D eigenvalue weighted by Crippen LogP contribution is -2.28. The molecule has 0 aliphatic rings. The number of hydrogen-bond donors (Lipinski definition) is 1. The van der Waals surface area contributed by atoms with Gasteiger partial charge >= 0.3 is 0 Å². The Morgan fingerprint density at radius 1 is 1.27 bits per heavy atom. The van der Waals surface area contributed by atoms with Crippen LogP contribution < -0.4 is 14.8 Å². The summed E-state index contributed by atoms with van der Waals surface area (Å²) in [6.07, 6.45) is 0. The summed E-state index contributed by atoms with van der Waals surface area (Å²) in [5.41, 5.74) is 3.64. The smallest absolute Gasteiger partial charge is 0.258 e. The van der Waals surface area contributed by atoms with E-state index in [9.17, 15) is 4.79 Å². The third kappa shape index (κ3) is 3.77. The number of aryl methyl sites for hydroxylation is 3. The SMILES string of the molecule is COc1cccc(CNC(=O)COc2nn(C)c3nc(C)cc(C)c23)c1. The first-order valence-electron chi connectivity index (χ1n) is 8.31.